The molecular weight excluding hydrogens is 186 g/mol. The van der Waals surface area contributed by atoms with Crippen LogP contribution in [-0.4, -0.2) is 10.4 Å². The van der Waals surface area contributed by atoms with Crippen molar-refractivity contribution in [3.63, 3.8) is 0 Å². The lowest BCUT2D eigenvalue weighted by Crippen LogP contribution is -2.04. The fourth-order valence-corrected chi connectivity index (χ4v) is 2.00. The van der Waals surface area contributed by atoms with Crippen LogP contribution in [0.2, 0.25) is 0 Å². The van der Waals surface area contributed by atoms with Gasteiger partial charge in [-0.3, -0.25) is 4.79 Å². The third kappa shape index (κ3) is 1.56. The van der Waals surface area contributed by atoms with Gasteiger partial charge >= 0.3 is 0 Å². The molecule has 0 atom stereocenters. The number of Topliss-reactive ketones (excluding diaryl/α,β-unsaturated/α-hetero) is 1. The third-order valence-corrected chi connectivity index (χ3v) is 2.74. The second-order valence-electron chi connectivity index (χ2n) is 3.89. The number of fused-ring (bicyclic) bond motifs is 1. The molecule has 2 nitrogen and oxygen atoms in total. The van der Waals surface area contributed by atoms with Crippen LogP contribution in [0.1, 0.15) is 29.9 Å². The number of carbonyl (C=O) groups is 1. The first kappa shape index (κ1) is 9.97. The zero-order valence-corrected chi connectivity index (χ0v) is 9.37. The topological polar surface area (TPSA) is 22.0 Å². The highest BCUT2D eigenvalue weighted by Gasteiger charge is 2.10. The Kier molecular flexibility index (Phi) is 2.35. The molecule has 2 rings (SSSR count). The van der Waals surface area contributed by atoms with Crippen LogP contribution >= 0.6 is 0 Å². The lowest BCUT2D eigenvalue weighted by atomic mass is 10.2. The number of nitrogens with zero attached hydrogens (tertiary/aromatic N) is 1. The molecule has 2 heteroatoms. The van der Waals surface area contributed by atoms with E-state index in [9.17, 15) is 4.79 Å². The summed E-state index contributed by atoms with van der Waals surface area (Å²) in [5.74, 6) is 0.130. The molecular formula is C13H15NO. The SMILES string of the molecule is CCn1c(C(C)=O)cc2ccc(C)cc21. The third-order valence-electron chi connectivity index (χ3n) is 2.74. The predicted octanol–water partition coefficient (Wildman–Crippen LogP) is 3.17. The fraction of sp³-hybridized carbons (Fsp3) is 0.308. The maximum atomic E-state index is 11.5. The van der Waals surface area contributed by atoms with Crippen LogP contribution in [0, 0.1) is 6.92 Å². The largest absolute Gasteiger partial charge is 0.338 e. The first-order chi connectivity index (χ1) is 7.13. The maximum Gasteiger partial charge on any atom is 0.176 e. The summed E-state index contributed by atoms with van der Waals surface area (Å²) in [6.45, 7) is 6.59. The van der Waals surface area contributed by atoms with Gasteiger partial charge < -0.3 is 4.57 Å². The van der Waals surface area contributed by atoms with Crippen molar-refractivity contribution in [2.45, 2.75) is 27.3 Å². The van der Waals surface area contributed by atoms with Crippen LogP contribution in [0.4, 0.5) is 0 Å². The van der Waals surface area contributed by atoms with Crippen LogP contribution in [-0.2, 0) is 6.54 Å². The minimum atomic E-state index is 0.130. The Morgan fingerprint density at radius 3 is 2.67 bits per heavy atom. The van der Waals surface area contributed by atoms with Gasteiger partial charge in [-0.25, -0.2) is 0 Å². The molecule has 78 valence electrons. The van der Waals surface area contributed by atoms with Crippen LogP contribution in [0.25, 0.3) is 10.9 Å². The molecule has 0 amide bonds. The summed E-state index contributed by atoms with van der Waals surface area (Å²) in [6.07, 6.45) is 0. The molecule has 0 saturated carbocycles. The summed E-state index contributed by atoms with van der Waals surface area (Å²) in [7, 11) is 0. The van der Waals surface area contributed by atoms with Gasteiger partial charge in [0.1, 0.15) is 0 Å². The van der Waals surface area contributed by atoms with E-state index in [0.717, 1.165) is 23.1 Å². The summed E-state index contributed by atoms with van der Waals surface area (Å²) in [4.78, 5) is 11.5. The lowest BCUT2D eigenvalue weighted by Gasteiger charge is -2.05. The van der Waals surface area contributed by atoms with Gasteiger partial charge in [0.2, 0.25) is 0 Å². The lowest BCUT2D eigenvalue weighted by molar-refractivity contribution is 0.100. The molecule has 1 aromatic carbocycles. The van der Waals surface area contributed by atoms with Crippen LogP contribution in [0.5, 0.6) is 0 Å². The van der Waals surface area contributed by atoms with E-state index in [1.165, 1.54) is 5.56 Å². The molecule has 0 aliphatic heterocycles. The number of aromatic nitrogens is 1. The molecule has 0 fully saturated rings. The number of carbonyl (C=O) groups excluding carboxylic acids is 1. The highest BCUT2D eigenvalue weighted by atomic mass is 16.1. The van der Waals surface area contributed by atoms with Gasteiger partial charge in [0, 0.05) is 24.4 Å². The summed E-state index contributed by atoms with van der Waals surface area (Å²) in [5, 5.41) is 1.15. The molecule has 0 saturated heterocycles. The molecule has 0 radical (unpaired) electrons. The van der Waals surface area contributed by atoms with Crippen molar-refractivity contribution in [3.8, 4) is 0 Å². The first-order valence-electron chi connectivity index (χ1n) is 5.24. The number of hydrogen-bond donors (Lipinski definition) is 0. The molecule has 1 aromatic heterocycles. The Morgan fingerprint density at radius 1 is 1.33 bits per heavy atom. The predicted molar refractivity (Wildman–Crippen MR) is 62.4 cm³/mol. The molecule has 0 spiro atoms. The average Bonchev–Trinajstić information content (AvgIpc) is 2.55. The van der Waals surface area contributed by atoms with Crippen molar-refractivity contribution < 1.29 is 4.79 Å². The van der Waals surface area contributed by atoms with E-state index < -0.39 is 0 Å². The number of benzene rings is 1. The van der Waals surface area contributed by atoms with Crippen molar-refractivity contribution >= 4 is 16.7 Å². The number of hydrogen-bond acceptors (Lipinski definition) is 1. The minimum Gasteiger partial charge on any atom is -0.338 e. The van der Waals surface area contributed by atoms with Crippen molar-refractivity contribution in [1.29, 1.82) is 0 Å². The summed E-state index contributed by atoms with van der Waals surface area (Å²) >= 11 is 0. The minimum absolute atomic E-state index is 0.130. The van der Waals surface area contributed by atoms with Crippen molar-refractivity contribution in [3.05, 3.63) is 35.5 Å². The highest BCUT2D eigenvalue weighted by molar-refractivity contribution is 5.98. The van der Waals surface area contributed by atoms with Gasteiger partial charge in [0.25, 0.3) is 0 Å². The Morgan fingerprint density at radius 2 is 2.07 bits per heavy atom. The maximum absolute atomic E-state index is 11.5. The van der Waals surface area contributed by atoms with Crippen LogP contribution in [0.3, 0.4) is 0 Å². The van der Waals surface area contributed by atoms with Crippen LogP contribution < -0.4 is 0 Å². The van der Waals surface area contributed by atoms with E-state index in [4.69, 9.17) is 0 Å². The zero-order chi connectivity index (χ0) is 11.0. The second-order valence-corrected chi connectivity index (χ2v) is 3.89. The summed E-state index contributed by atoms with van der Waals surface area (Å²) < 4.78 is 2.07. The van der Waals surface area contributed by atoms with E-state index >= 15 is 0 Å². The van der Waals surface area contributed by atoms with Gasteiger partial charge in [0.05, 0.1) is 5.69 Å². The monoisotopic (exact) mass is 201 g/mol. The Bertz CT molecular complexity index is 523. The Labute approximate surface area is 89.5 Å². The van der Waals surface area contributed by atoms with Crippen molar-refractivity contribution in [2.24, 2.45) is 0 Å². The number of aryl methyl sites for hydroxylation is 2. The molecule has 0 unspecified atom stereocenters. The molecule has 0 aliphatic rings. The molecule has 0 bridgehead atoms. The number of rotatable bonds is 2. The van der Waals surface area contributed by atoms with E-state index in [-0.39, 0.29) is 5.78 Å². The standard InChI is InChI=1S/C13H15NO/c1-4-14-12(10(3)15)8-11-6-5-9(2)7-13(11)14/h5-8H,4H2,1-3H3. The van der Waals surface area contributed by atoms with Gasteiger partial charge in [0.15, 0.2) is 5.78 Å². The van der Waals surface area contributed by atoms with Gasteiger partial charge in [-0.2, -0.15) is 0 Å². The van der Waals surface area contributed by atoms with Gasteiger partial charge in [-0.15, -0.1) is 0 Å². The van der Waals surface area contributed by atoms with E-state index in [2.05, 4.69) is 36.6 Å². The van der Waals surface area contributed by atoms with E-state index in [0.29, 0.717) is 0 Å². The fourth-order valence-electron chi connectivity index (χ4n) is 2.00. The molecule has 0 N–H and O–H groups in total. The van der Waals surface area contributed by atoms with Gasteiger partial charge in [-0.1, -0.05) is 12.1 Å². The van der Waals surface area contributed by atoms with Gasteiger partial charge in [-0.05, 0) is 31.5 Å². The van der Waals surface area contributed by atoms with E-state index in [1.54, 1.807) is 6.92 Å². The second kappa shape index (κ2) is 3.54. The summed E-state index contributed by atoms with van der Waals surface area (Å²) in [5.41, 5.74) is 3.19. The smallest absolute Gasteiger partial charge is 0.176 e. The van der Waals surface area contributed by atoms with Crippen molar-refractivity contribution in [2.75, 3.05) is 0 Å². The molecule has 1 heterocycles. The summed E-state index contributed by atoms with van der Waals surface area (Å²) in [6, 6.07) is 8.25. The first-order valence-corrected chi connectivity index (χ1v) is 5.24. The van der Waals surface area contributed by atoms with E-state index in [1.807, 2.05) is 6.07 Å². The average molecular weight is 201 g/mol. The Balaban J connectivity index is 2.79. The number of ketones is 1. The molecule has 0 aliphatic carbocycles. The Hall–Kier alpha value is -1.57. The van der Waals surface area contributed by atoms with Crippen molar-refractivity contribution in [1.82, 2.24) is 4.57 Å². The zero-order valence-electron chi connectivity index (χ0n) is 9.37. The molecule has 2 aromatic rings. The van der Waals surface area contributed by atoms with Crippen LogP contribution in [0.15, 0.2) is 24.3 Å². The quantitative estimate of drug-likeness (QED) is 0.684. The molecule has 15 heavy (non-hydrogen) atoms. The normalized spacial score (nSPS) is 10.9. The highest BCUT2D eigenvalue weighted by Crippen LogP contribution is 2.21.